The molecule has 6 nitrogen and oxygen atoms in total. The fourth-order valence-electron chi connectivity index (χ4n) is 3.53. The van der Waals surface area contributed by atoms with Gasteiger partial charge in [0.2, 0.25) is 0 Å². The zero-order valence-corrected chi connectivity index (χ0v) is 18.1. The molecule has 1 amide bonds. The minimum absolute atomic E-state index is 0.0373. The second kappa shape index (κ2) is 9.85. The van der Waals surface area contributed by atoms with Gasteiger partial charge in [-0.2, -0.15) is 23.4 Å². The third-order valence-corrected chi connectivity index (χ3v) is 4.96. The fourth-order valence-corrected chi connectivity index (χ4v) is 3.53. The number of hydrogen-bond donors (Lipinski definition) is 1. The van der Waals surface area contributed by atoms with E-state index in [2.05, 4.69) is 10.2 Å². The van der Waals surface area contributed by atoms with E-state index in [9.17, 15) is 35.5 Å². The Bertz CT molecular complexity index is 1180. The Kier molecular flexibility index (Phi) is 7.32. The molecule has 0 fully saturated rings. The summed E-state index contributed by atoms with van der Waals surface area (Å²) in [5.74, 6) is -3.51. The van der Waals surface area contributed by atoms with Crippen LogP contribution < -0.4 is 5.32 Å². The summed E-state index contributed by atoms with van der Waals surface area (Å²) in [4.78, 5) is 12.5. The number of aryl methyl sites for hydroxylation is 2. The molecule has 0 unspecified atom stereocenters. The number of nitrogens with zero attached hydrogens (tertiary/aromatic N) is 4. The van der Waals surface area contributed by atoms with Crippen LogP contribution in [0.5, 0.6) is 0 Å². The Balaban J connectivity index is 2.09. The van der Waals surface area contributed by atoms with Gasteiger partial charge in [0.15, 0.2) is 11.5 Å². The van der Waals surface area contributed by atoms with Crippen LogP contribution in [0.15, 0.2) is 24.5 Å². The number of halogens is 7. The van der Waals surface area contributed by atoms with E-state index in [1.807, 2.05) is 12.2 Å². The number of benzene rings is 1. The first kappa shape index (κ1) is 25.2. The van der Waals surface area contributed by atoms with E-state index in [0.29, 0.717) is 25.1 Å². The average Bonchev–Trinajstić information content (AvgIpc) is 3.31. The van der Waals surface area contributed by atoms with Gasteiger partial charge in [0.25, 0.3) is 12.3 Å². The maximum absolute atomic E-state index is 14.7. The van der Waals surface area contributed by atoms with E-state index in [1.54, 1.807) is 0 Å². The maximum Gasteiger partial charge on any atom is 0.435 e. The lowest BCUT2D eigenvalue weighted by atomic mass is 10.0. The summed E-state index contributed by atoms with van der Waals surface area (Å²) in [7, 11) is 1.26. The predicted octanol–water partition coefficient (Wildman–Crippen LogP) is 5.83. The van der Waals surface area contributed by atoms with Crippen molar-refractivity contribution in [2.75, 3.05) is 5.32 Å². The van der Waals surface area contributed by atoms with Crippen LogP contribution in [0.4, 0.5) is 36.4 Å². The minimum Gasteiger partial charge on any atom is -0.319 e. The largest absolute Gasteiger partial charge is 0.435 e. The number of aromatic nitrogens is 4. The smallest absolute Gasteiger partial charge is 0.319 e. The van der Waals surface area contributed by atoms with Gasteiger partial charge < -0.3 is 5.32 Å². The molecule has 0 bridgehead atoms. The summed E-state index contributed by atoms with van der Waals surface area (Å²) >= 11 is 0. The van der Waals surface area contributed by atoms with E-state index in [-0.39, 0.29) is 16.7 Å². The number of nitrogens with one attached hydrogen (secondary N) is 1. The first-order valence-electron chi connectivity index (χ1n) is 10.2. The molecule has 0 aliphatic rings. The Morgan fingerprint density at radius 2 is 1.88 bits per heavy atom. The first-order chi connectivity index (χ1) is 15.9. The third-order valence-electron chi connectivity index (χ3n) is 4.96. The van der Waals surface area contributed by atoms with Crippen LogP contribution in [-0.4, -0.2) is 25.5 Å². The van der Waals surface area contributed by atoms with Crippen molar-refractivity contribution in [2.45, 2.75) is 45.2 Å². The van der Waals surface area contributed by atoms with Crippen LogP contribution in [0.2, 0.25) is 0 Å². The van der Waals surface area contributed by atoms with Gasteiger partial charge in [-0.1, -0.05) is 19.8 Å². The highest BCUT2D eigenvalue weighted by molar-refractivity contribution is 6.05. The summed E-state index contributed by atoms with van der Waals surface area (Å²) < 4.78 is 98.0. The highest BCUT2D eigenvalue weighted by Crippen LogP contribution is 2.38. The van der Waals surface area contributed by atoms with Crippen molar-refractivity contribution in [2.24, 2.45) is 7.05 Å². The summed E-state index contributed by atoms with van der Waals surface area (Å²) in [6.07, 6.45) is -4.72. The molecule has 3 aromatic rings. The topological polar surface area (TPSA) is 64.7 Å². The fraction of sp³-hybridized carbons (Fsp3) is 0.381. The molecule has 0 saturated carbocycles. The van der Waals surface area contributed by atoms with E-state index in [0.717, 1.165) is 23.4 Å². The molecule has 1 N–H and O–H groups in total. The summed E-state index contributed by atoms with van der Waals surface area (Å²) in [5, 5.41) is 8.94. The monoisotopic (exact) mass is 491 g/mol. The van der Waals surface area contributed by atoms with Gasteiger partial charge >= 0.3 is 6.18 Å². The molecule has 0 saturated heterocycles. The van der Waals surface area contributed by atoms with Crippen LogP contribution in [0.1, 0.15) is 59.9 Å². The predicted molar refractivity (Wildman–Crippen MR) is 108 cm³/mol. The second-order valence-electron chi connectivity index (χ2n) is 7.53. The maximum atomic E-state index is 14.7. The molecule has 0 radical (unpaired) electrons. The van der Waals surface area contributed by atoms with Crippen molar-refractivity contribution in [3.05, 3.63) is 58.7 Å². The molecule has 2 heterocycles. The summed E-state index contributed by atoms with van der Waals surface area (Å²) in [6, 6.07) is 1.36. The number of unbranched alkanes of at least 4 members (excludes halogenated alkanes) is 2. The highest BCUT2D eigenvalue weighted by Gasteiger charge is 2.40. The summed E-state index contributed by atoms with van der Waals surface area (Å²) in [5.41, 5.74) is -4.63. The number of anilines is 1. The lowest BCUT2D eigenvalue weighted by molar-refractivity contribution is -0.142. The number of alkyl halides is 5. The van der Waals surface area contributed by atoms with Gasteiger partial charge in [-0.3, -0.25) is 9.48 Å². The van der Waals surface area contributed by atoms with Crippen LogP contribution in [0, 0.1) is 11.6 Å². The summed E-state index contributed by atoms with van der Waals surface area (Å²) in [6.45, 7) is 1.89. The van der Waals surface area contributed by atoms with Crippen LogP contribution in [0.3, 0.4) is 0 Å². The number of hydrogen-bond acceptors (Lipinski definition) is 3. The molecule has 184 valence electrons. The zero-order valence-electron chi connectivity index (χ0n) is 18.1. The van der Waals surface area contributed by atoms with Gasteiger partial charge in [-0.05, 0) is 24.5 Å². The zero-order chi connectivity index (χ0) is 25.2. The van der Waals surface area contributed by atoms with Crippen LogP contribution >= 0.6 is 0 Å². The third kappa shape index (κ3) is 5.23. The second-order valence-corrected chi connectivity index (χ2v) is 7.53. The van der Waals surface area contributed by atoms with Crippen LogP contribution in [-0.2, 0) is 19.6 Å². The highest BCUT2D eigenvalue weighted by atomic mass is 19.4. The molecule has 0 atom stereocenters. The molecule has 3 rings (SSSR count). The standard InChI is InChI=1S/C21H20F7N5O/c1-3-4-5-6-11-7-12(22)8-14(23)17(11)33-18(21(26,27)28)15(9-29-33)30-20(34)13-10-32(2)31-16(13)19(24)25/h7-10,19H,3-6H2,1-2H3,(H,30,34). The minimum atomic E-state index is -5.14. The lowest BCUT2D eigenvalue weighted by Crippen LogP contribution is -2.20. The number of carbonyl (C=O) groups excluding carboxylic acids is 1. The lowest BCUT2D eigenvalue weighted by Gasteiger charge is -2.17. The average molecular weight is 491 g/mol. The van der Waals surface area contributed by atoms with Gasteiger partial charge in [-0.25, -0.2) is 22.2 Å². The van der Waals surface area contributed by atoms with Crippen molar-refractivity contribution in [1.29, 1.82) is 0 Å². The molecule has 0 spiro atoms. The van der Waals surface area contributed by atoms with Gasteiger partial charge in [0.1, 0.15) is 17.2 Å². The Hall–Kier alpha value is -3.38. The van der Waals surface area contributed by atoms with Crippen molar-refractivity contribution in [1.82, 2.24) is 19.6 Å². The molecule has 34 heavy (non-hydrogen) atoms. The number of carbonyl (C=O) groups is 1. The van der Waals surface area contributed by atoms with E-state index in [1.165, 1.54) is 7.05 Å². The molecule has 2 aromatic heterocycles. The van der Waals surface area contributed by atoms with Crippen LogP contribution in [0.25, 0.3) is 5.69 Å². The van der Waals surface area contributed by atoms with Gasteiger partial charge in [0, 0.05) is 19.3 Å². The molecule has 0 aliphatic heterocycles. The van der Waals surface area contributed by atoms with Crippen molar-refractivity contribution < 1.29 is 35.5 Å². The molecular weight excluding hydrogens is 471 g/mol. The van der Waals surface area contributed by atoms with Crippen molar-refractivity contribution in [3.63, 3.8) is 0 Å². The van der Waals surface area contributed by atoms with E-state index >= 15 is 0 Å². The van der Waals surface area contributed by atoms with Gasteiger partial charge in [0.05, 0.1) is 17.4 Å². The van der Waals surface area contributed by atoms with Crippen molar-refractivity contribution in [3.8, 4) is 5.69 Å². The van der Waals surface area contributed by atoms with Crippen molar-refractivity contribution >= 4 is 11.6 Å². The molecule has 0 aliphatic carbocycles. The van der Waals surface area contributed by atoms with Gasteiger partial charge in [-0.15, -0.1) is 0 Å². The molecule has 13 heteroatoms. The normalized spacial score (nSPS) is 11.9. The number of amides is 1. The quantitative estimate of drug-likeness (QED) is 0.319. The Labute approximate surface area is 189 Å². The SMILES string of the molecule is CCCCCc1cc(F)cc(F)c1-n1ncc(NC(=O)c2cn(C)nc2C(F)F)c1C(F)(F)F. The molecular formula is C21H20F7N5O. The van der Waals surface area contributed by atoms with E-state index in [4.69, 9.17) is 0 Å². The first-order valence-corrected chi connectivity index (χ1v) is 10.2. The molecule has 1 aromatic carbocycles. The Morgan fingerprint density at radius 1 is 1.18 bits per heavy atom. The number of rotatable bonds is 8. The Morgan fingerprint density at radius 3 is 2.50 bits per heavy atom. The van der Waals surface area contributed by atoms with E-state index < -0.39 is 58.5 Å².